The lowest BCUT2D eigenvalue weighted by Crippen LogP contribution is -2.39. The van der Waals surface area contributed by atoms with Crippen LogP contribution in [-0.4, -0.2) is 119 Å². The fourth-order valence-electron chi connectivity index (χ4n) is 8.63. The monoisotopic (exact) mass is 842 g/mol. The third-order valence-electron chi connectivity index (χ3n) is 12.8. The topological polar surface area (TPSA) is 171 Å². The maximum atomic E-state index is 5.58. The van der Waals surface area contributed by atoms with Gasteiger partial charge in [-0.15, -0.1) is 0 Å². The van der Waals surface area contributed by atoms with Crippen molar-refractivity contribution in [2.24, 2.45) is 0 Å². The van der Waals surface area contributed by atoms with Crippen molar-refractivity contribution in [2.75, 3.05) is 78.0 Å². The van der Waals surface area contributed by atoms with Crippen LogP contribution >= 0.6 is 0 Å². The van der Waals surface area contributed by atoms with Crippen LogP contribution in [0.25, 0.3) is 34.1 Å². The van der Waals surface area contributed by atoms with Crippen molar-refractivity contribution in [3.63, 3.8) is 0 Å². The van der Waals surface area contributed by atoms with Crippen LogP contribution < -0.4 is 30.7 Å². The molecule has 3 aliphatic heterocycles. The molecule has 0 amide bonds. The number of nitrogens with one attached hydrogen (secondary N) is 4. The van der Waals surface area contributed by atoms with E-state index < -0.39 is 0 Å². The lowest BCUT2D eigenvalue weighted by molar-refractivity contribution is 0.00852. The van der Waals surface area contributed by atoms with E-state index in [0.717, 1.165) is 140 Å². The van der Waals surface area contributed by atoms with Crippen LogP contribution in [0.1, 0.15) is 98.1 Å². The van der Waals surface area contributed by atoms with E-state index in [9.17, 15) is 0 Å². The molecule has 0 aromatic carbocycles. The number of hydrogen-bond donors (Lipinski definition) is 4. The average Bonchev–Trinajstić information content (AvgIpc) is 4.21. The third kappa shape index (κ3) is 8.28. The van der Waals surface area contributed by atoms with Crippen molar-refractivity contribution in [3.05, 3.63) is 71.3 Å². The number of anilines is 2. The Labute approximate surface area is 361 Å². The highest BCUT2D eigenvalue weighted by atomic mass is 16.5. The highest BCUT2D eigenvalue weighted by Gasteiger charge is 2.32. The average molecular weight is 843 g/mol. The van der Waals surface area contributed by atoms with Crippen molar-refractivity contribution < 1.29 is 18.9 Å². The highest BCUT2D eigenvalue weighted by Crippen LogP contribution is 2.45. The van der Waals surface area contributed by atoms with E-state index >= 15 is 0 Å². The van der Waals surface area contributed by atoms with Crippen LogP contribution in [0, 0.1) is 0 Å². The molecule has 62 heavy (non-hydrogen) atoms. The second kappa shape index (κ2) is 17.8. The SMILES string of the molecule is CCC(CNC)Nc1nc(-c2cnc3cc(OC)c(C4CC4)nn23)ccc1C1COC1.COc1cc2ncc(-c3ccc(C4COC4)c(NC4CCCNC4)n3)n2nc1C1CC1. The molecule has 2 atom stereocenters. The Balaban J connectivity index is 0.000000148. The zero-order valence-electron chi connectivity index (χ0n) is 36.2. The molecule has 16 nitrogen and oxygen atoms in total. The van der Waals surface area contributed by atoms with Gasteiger partial charge in [0.2, 0.25) is 0 Å². The number of nitrogens with zero attached hydrogens (tertiary/aromatic N) is 8. The summed E-state index contributed by atoms with van der Waals surface area (Å²) in [7, 11) is 5.37. The Bertz CT molecular complexity index is 2360. The fourth-order valence-corrected chi connectivity index (χ4v) is 8.63. The minimum Gasteiger partial charge on any atom is -0.495 e. The molecule has 3 saturated heterocycles. The van der Waals surface area contributed by atoms with Crippen molar-refractivity contribution >= 4 is 22.9 Å². The summed E-state index contributed by atoms with van der Waals surface area (Å²) < 4.78 is 25.9. The number of rotatable bonds is 15. The molecule has 11 rings (SSSR count). The second-order valence-corrected chi connectivity index (χ2v) is 17.3. The first kappa shape index (κ1) is 40.6. The predicted molar refractivity (Wildman–Crippen MR) is 238 cm³/mol. The number of piperidine rings is 1. The van der Waals surface area contributed by atoms with Gasteiger partial charge < -0.3 is 40.2 Å². The molecule has 6 aromatic heterocycles. The van der Waals surface area contributed by atoms with E-state index in [4.69, 9.17) is 39.1 Å². The zero-order valence-corrected chi connectivity index (χ0v) is 36.2. The Morgan fingerprint density at radius 1 is 0.742 bits per heavy atom. The molecule has 2 saturated carbocycles. The van der Waals surface area contributed by atoms with Crippen molar-refractivity contribution in [1.82, 2.24) is 49.8 Å². The largest absolute Gasteiger partial charge is 0.495 e. The number of aromatic nitrogens is 8. The summed E-state index contributed by atoms with van der Waals surface area (Å²) in [6.45, 7) is 8.15. The van der Waals surface area contributed by atoms with Gasteiger partial charge >= 0.3 is 0 Å². The summed E-state index contributed by atoms with van der Waals surface area (Å²) >= 11 is 0. The summed E-state index contributed by atoms with van der Waals surface area (Å²) in [6.07, 6.45) is 11.7. The first-order valence-corrected chi connectivity index (χ1v) is 22.4. The number of hydrogen-bond acceptors (Lipinski definition) is 14. The maximum Gasteiger partial charge on any atom is 0.157 e. The second-order valence-electron chi connectivity index (χ2n) is 17.3. The van der Waals surface area contributed by atoms with Gasteiger partial charge in [0.25, 0.3) is 0 Å². The number of fused-ring (bicyclic) bond motifs is 2. The number of ether oxygens (including phenoxy) is 4. The molecule has 2 unspecified atom stereocenters. The molecule has 6 aromatic rings. The van der Waals surface area contributed by atoms with Gasteiger partial charge in [-0.05, 0) is 70.7 Å². The molecular weight excluding hydrogens is 785 g/mol. The molecule has 0 bridgehead atoms. The van der Waals surface area contributed by atoms with Gasteiger partial charge in [-0.2, -0.15) is 10.2 Å². The lowest BCUT2D eigenvalue weighted by Gasteiger charge is -2.30. The van der Waals surface area contributed by atoms with Crippen LogP contribution in [0.3, 0.4) is 0 Å². The van der Waals surface area contributed by atoms with Gasteiger partial charge in [0.15, 0.2) is 11.3 Å². The zero-order chi connectivity index (χ0) is 42.2. The van der Waals surface area contributed by atoms with E-state index in [2.05, 4.69) is 62.4 Å². The Kier molecular flexibility index (Phi) is 11.6. The molecule has 9 heterocycles. The summed E-state index contributed by atoms with van der Waals surface area (Å²) in [4.78, 5) is 19.3. The van der Waals surface area contributed by atoms with E-state index in [0.29, 0.717) is 35.8 Å². The van der Waals surface area contributed by atoms with Crippen molar-refractivity contribution in [3.8, 4) is 34.3 Å². The van der Waals surface area contributed by atoms with Crippen molar-refractivity contribution in [1.29, 1.82) is 0 Å². The number of likely N-dealkylation sites (N-methyl/N-ethyl adjacent to an activating group) is 1. The molecule has 16 heteroatoms. The van der Waals surface area contributed by atoms with Crippen LogP contribution in [0.15, 0.2) is 48.8 Å². The molecule has 4 N–H and O–H groups in total. The number of methoxy groups -OCH3 is 2. The number of pyridine rings is 2. The van der Waals surface area contributed by atoms with Crippen LogP contribution in [0.2, 0.25) is 0 Å². The quantitative estimate of drug-likeness (QED) is 0.0928. The van der Waals surface area contributed by atoms with Gasteiger partial charge in [-0.25, -0.2) is 29.0 Å². The number of imidazole rings is 2. The molecule has 5 aliphatic rings. The summed E-state index contributed by atoms with van der Waals surface area (Å²) in [5.74, 6) is 5.30. The molecule has 0 radical (unpaired) electrons. The summed E-state index contributed by atoms with van der Waals surface area (Å²) in [6, 6.07) is 13.2. The van der Waals surface area contributed by atoms with Crippen LogP contribution in [-0.2, 0) is 9.47 Å². The minimum atomic E-state index is 0.304. The molecule has 0 spiro atoms. The highest BCUT2D eigenvalue weighted by molar-refractivity contribution is 5.66. The van der Waals surface area contributed by atoms with E-state index in [1.54, 1.807) is 14.2 Å². The normalized spacial score (nSPS) is 19.6. The molecular formula is C46H58N12O4. The van der Waals surface area contributed by atoms with E-state index in [1.807, 2.05) is 40.6 Å². The molecule has 326 valence electrons. The summed E-state index contributed by atoms with van der Waals surface area (Å²) in [5, 5.41) is 23.9. The van der Waals surface area contributed by atoms with Crippen molar-refractivity contribution in [2.45, 2.75) is 87.6 Å². The Morgan fingerprint density at radius 2 is 1.29 bits per heavy atom. The van der Waals surface area contributed by atoms with Gasteiger partial charge in [0.1, 0.15) is 45.9 Å². The first-order chi connectivity index (χ1) is 30.5. The van der Waals surface area contributed by atoms with E-state index in [1.165, 1.54) is 30.4 Å². The lowest BCUT2D eigenvalue weighted by atomic mass is 9.97. The first-order valence-electron chi connectivity index (χ1n) is 22.4. The predicted octanol–water partition coefficient (Wildman–Crippen LogP) is 6.16. The smallest absolute Gasteiger partial charge is 0.157 e. The van der Waals surface area contributed by atoms with Crippen LogP contribution in [0.4, 0.5) is 11.6 Å². The van der Waals surface area contributed by atoms with Gasteiger partial charge in [0.05, 0.1) is 64.4 Å². The Morgan fingerprint density at radius 3 is 1.74 bits per heavy atom. The van der Waals surface area contributed by atoms with Gasteiger partial charge in [0, 0.05) is 72.1 Å². The standard InChI is InChI=1S/C23H28N6O2.C23H30N6O2/c1-30-20-9-21-25-11-19(29(21)28-22(20)14-4-5-14)18-7-6-17(15-12-31-13-15)23(27-18)26-16-3-2-8-24-10-16;1-4-16(10-24-2)26-23-17(15-12-31-13-15)7-8-18(27-23)19-11-25-21-9-20(30-3)22(14-5-6-14)28-29(19)21/h6-7,9,11,14-16,24H,2-5,8,10,12-13H2,1H3,(H,26,27);7-9,11,14-16,24H,4-6,10,12-13H2,1-3H3,(H,26,27). The van der Waals surface area contributed by atoms with E-state index in [-0.39, 0.29) is 0 Å². The third-order valence-corrected chi connectivity index (χ3v) is 12.8. The summed E-state index contributed by atoms with van der Waals surface area (Å²) in [5.41, 5.74) is 9.56. The minimum absolute atomic E-state index is 0.304. The fraction of sp³-hybridized carbons (Fsp3) is 0.522. The molecule has 2 aliphatic carbocycles. The maximum absolute atomic E-state index is 5.58. The Hall–Kier alpha value is -5.42. The van der Waals surface area contributed by atoms with Gasteiger partial charge in [-0.3, -0.25) is 0 Å². The molecule has 5 fully saturated rings. The van der Waals surface area contributed by atoms with Crippen LogP contribution in [0.5, 0.6) is 11.5 Å². The van der Waals surface area contributed by atoms with Gasteiger partial charge in [-0.1, -0.05) is 19.1 Å².